The summed E-state index contributed by atoms with van der Waals surface area (Å²) in [4.78, 5) is 4.67. The summed E-state index contributed by atoms with van der Waals surface area (Å²) in [5.74, 6) is 3.32. The zero-order valence-electron chi connectivity index (χ0n) is 15.8. The first-order valence-electron chi connectivity index (χ1n) is 9.70. The molecule has 2 aliphatic rings. The molecule has 7 heteroatoms. The number of aryl methyl sites for hydroxylation is 1. The first kappa shape index (κ1) is 18.2. The fourth-order valence-electron chi connectivity index (χ4n) is 3.82. The van der Waals surface area contributed by atoms with Gasteiger partial charge in [0, 0.05) is 31.5 Å². The van der Waals surface area contributed by atoms with E-state index in [0.29, 0.717) is 18.5 Å². The molecule has 3 rings (SSSR count). The highest BCUT2D eigenvalue weighted by Crippen LogP contribution is 2.29. The molecule has 1 aromatic heterocycles. The van der Waals surface area contributed by atoms with Gasteiger partial charge in [0.2, 0.25) is 0 Å². The summed E-state index contributed by atoms with van der Waals surface area (Å²) in [6.45, 7) is 8.53. The predicted octanol–water partition coefficient (Wildman–Crippen LogP) is 1.58. The van der Waals surface area contributed by atoms with E-state index in [-0.39, 0.29) is 0 Å². The third-order valence-corrected chi connectivity index (χ3v) is 5.24. The summed E-state index contributed by atoms with van der Waals surface area (Å²) >= 11 is 0. The number of fused-ring (bicyclic) bond motifs is 1. The van der Waals surface area contributed by atoms with Crippen molar-refractivity contribution in [3.8, 4) is 0 Å². The summed E-state index contributed by atoms with van der Waals surface area (Å²) in [6.07, 6.45) is 5.88. The first-order chi connectivity index (χ1) is 12.0. The number of hydrogen-bond donors (Lipinski definition) is 3. The lowest BCUT2D eigenvalue weighted by atomic mass is 10.0. The second-order valence-corrected chi connectivity index (χ2v) is 7.75. The maximum absolute atomic E-state index is 10.5. The fourth-order valence-corrected chi connectivity index (χ4v) is 3.82. The standard InChI is InChI=1S/C18H32N6O/c1-4-19-17(20-12-18(25)9-5-6-10-18)21-14-7-8-15-22-23-16(13(2)3)24(15)11-14/h13-14,25H,4-12H2,1-3H3,(H2,19,20,21). The van der Waals surface area contributed by atoms with E-state index in [1.165, 1.54) is 0 Å². The maximum atomic E-state index is 10.5. The Kier molecular flexibility index (Phi) is 5.61. The minimum Gasteiger partial charge on any atom is -0.388 e. The minimum absolute atomic E-state index is 0.303. The topological polar surface area (TPSA) is 87.4 Å². The van der Waals surface area contributed by atoms with Crippen LogP contribution in [0.5, 0.6) is 0 Å². The van der Waals surface area contributed by atoms with Gasteiger partial charge in [-0.15, -0.1) is 10.2 Å². The highest BCUT2D eigenvalue weighted by Gasteiger charge is 2.31. The Bertz CT molecular complexity index is 603. The zero-order chi connectivity index (χ0) is 17.9. The molecule has 7 nitrogen and oxygen atoms in total. The Labute approximate surface area is 150 Å². The molecule has 0 aromatic carbocycles. The molecule has 1 aliphatic carbocycles. The van der Waals surface area contributed by atoms with E-state index >= 15 is 0 Å². The minimum atomic E-state index is -0.610. The maximum Gasteiger partial charge on any atom is 0.191 e. The molecule has 1 unspecified atom stereocenters. The van der Waals surface area contributed by atoms with Crippen LogP contribution >= 0.6 is 0 Å². The van der Waals surface area contributed by atoms with Crippen molar-refractivity contribution in [1.29, 1.82) is 0 Å². The third kappa shape index (κ3) is 4.32. The Morgan fingerprint density at radius 1 is 1.36 bits per heavy atom. The molecule has 3 N–H and O–H groups in total. The number of aromatic nitrogens is 3. The summed E-state index contributed by atoms with van der Waals surface area (Å²) in [7, 11) is 0. The van der Waals surface area contributed by atoms with Crippen molar-refractivity contribution in [3.63, 3.8) is 0 Å². The van der Waals surface area contributed by atoms with Gasteiger partial charge < -0.3 is 20.3 Å². The third-order valence-electron chi connectivity index (χ3n) is 5.24. The molecule has 1 saturated carbocycles. The number of aliphatic imine (C=N–C) groups is 1. The molecule has 2 heterocycles. The van der Waals surface area contributed by atoms with Gasteiger partial charge in [-0.1, -0.05) is 26.7 Å². The van der Waals surface area contributed by atoms with Crippen LogP contribution in [0.4, 0.5) is 0 Å². The second-order valence-electron chi connectivity index (χ2n) is 7.75. The van der Waals surface area contributed by atoms with Gasteiger partial charge in [-0.3, -0.25) is 4.99 Å². The Balaban J connectivity index is 1.65. The average Bonchev–Trinajstić information content (AvgIpc) is 3.19. The van der Waals surface area contributed by atoms with E-state index in [1.807, 2.05) is 0 Å². The smallest absolute Gasteiger partial charge is 0.191 e. The fraction of sp³-hybridized carbons (Fsp3) is 0.833. The van der Waals surface area contributed by atoms with Crippen LogP contribution in [0.1, 0.15) is 70.4 Å². The van der Waals surface area contributed by atoms with E-state index in [4.69, 9.17) is 0 Å². The summed E-state index contributed by atoms with van der Waals surface area (Å²) in [6, 6.07) is 0.303. The van der Waals surface area contributed by atoms with E-state index in [2.05, 4.69) is 51.2 Å². The molecule has 1 aromatic rings. The summed E-state index contributed by atoms with van der Waals surface area (Å²) < 4.78 is 2.25. The lowest BCUT2D eigenvalue weighted by molar-refractivity contribution is 0.0574. The molecule has 1 aliphatic heterocycles. The molecule has 1 atom stereocenters. The molecule has 1 fully saturated rings. The highest BCUT2D eigenvalue weighted by molar-refractivity contribution is 5.80. The summed E-state index contributed by atoms with van der Waals surface area (Å²) in [5.41, 5.74) is -0.610. The van der Waals surface area contributed by atoms with Crippen LogP contribution < -0.4 is 10.6 Å². The molecule has 140 valence electrons. The Morgan fingerprint density at radius 2 is 2.12 bits per heavy atom. The van der Waals surface area contributed by atoms with Crippen LogP contribution in [0.3, 0.4) is 0 Å². The van der Waals surface area contributed by atoms with Gasteiger partial charge in [0.05, 0.1) is 12.1 Å². The lowest BCUT2D eigenvalue weighted by Gasteiger charge is -2.28. The van der Waals surface area contributed by atoms with E-state index in [1.54, 1.807) is 0 Å². The molecular weight excluding hydrogens is 316 g/mol. The number of nitrogens with one attached hydrogen (secondary N) is 2. The highest BCUT2D eigenvalue weighted by atomic mass is 16.3. The summed E-state index contributed by atoms with van der Waals surface area (Å²) in [5, 5.41) is 26.1. The van der Waals surface area contributed by atoms with Crippen molar-refractivity contribution in [2.24, 2.45) is 4.99 Å². The largest absolute Gasteiger partial charge is 0.388 e. The zero-order valence-corrected chi connectivity index (χ0v) is 15.8. The number of rotatable bonds is 5. The van der Waals surface area contributed by atoms with Gasteiger partial charge in [0.15, 0.2) is 5.96 Å². The van der Waals surface area contributed by atoms with Crippen molar-refractivity contribution in [1.82, 2.24) is 25.4 Å². The van der Waals surface area contributed by atoms with Crippen LogP contribution in [-0.4, -0.2) is 50.6 Å². The van der Waals surface area contributed by atoms with Crippen molar-refractivity contribution >= 4 is 5.96 Å². The van der Waals surface area contributed by atoms with Crippen molar-refractivity contribution in [2.75, 3.05) is 13.1 Å². The molecule has 0 bridgehead atoms. The SMILES string of the molecule is CCNC(=NCC1(O)CCCC1)NC1CCc2nnc(C(C)C)n2C1. The van der Waals surface area contributed by atoms with Gasteiger partial charge >= 0.3 is 0 Å². The molecule has 0 amide bonds. The molecular formula is C18H32N6O. The second kappa shape index (κ2) is 7.72. The van der Waals surface area contributed by atoms with Crippen molar-refractivity contribution < 1.29 is 5.11 Å². The van der Waals surface area contributed by atoms with E-state index < -0.39 is 5.60 Å². The van der Waals surface area contributed by atoms with Gasteiger partial charge in [0.25, 0.3) is 0 Å². The van der Waals surface area contributed by atoms with Crippen LogP contribution in [0.15, 0.2) is 4.99 Å². The molecule has 0 spiro atoms. The molecule has 0 saturated heterocycles. The quantitative estimate of drug-likeness (QED) is 0.555. The predicted molar refractivity (Wildman–Crippen MR) is 98.8 cm³/mol. The number of hydrogen-bond acceptors (Lipinski definition) is 4. The monoisotopic (exact) mass is 348 g/mol. The number of guanidine groups is 1. The number of aliphatic hydroxyl groups is 1. The molecule has 0 radical (unpaired) electrons. The van der Waals surface area contributed by atoms with Crippen LogP contribution in [-0.2, 0) is 13.0 Å². The first-order valence-corrected chi connectivity index (χ1v) is 9.70. The van der Waals surface area contributed by atoms with Gasteiger partial charge in [0.1, 0.15) is 11.6 Å². The molecule has 25 heavy (non-hydrogen) atoms. The Morgan fingerprint density at radius 3 is 2.80 bits per heavy atom. The van der Waals surface area contributed by atoms with Crippen molar-refractivity contribution in [2.45, 2.75) is 83.4 Å². The van der Waals surface area contributed by atoms with Crippen LogP contribution in [0, 0.1) is 0 Å². The van der Waals surface area contributed by atoms with Gasteiger partial charge in [-0.2, -0.15) is 0 Å². The van der Waals surface area contributed by atoms with Crippen LogP contribution in [0.25, 0.3) is 0 Å². The average molecular weight is 348 g/mol. The Hall–Kier alpha value is -1.63. The number of nitrogens with zero attached hydrogens (tertiary/aromatic N) is 4. The van der Waals surface area contributed by atoms with E-state index in [9.17, 15) is 5.11 Å². The van der Waals surface area contributed by atoms with Gasteiger partial charge in [-0.05, 0) is 26.2 Å². The van der Waals surface area contributed by atoms with Crippen molar-refractivity contribution in [3.05, 3.63) is 11.6 Å². The van der Waals surface area contributed by atoms with Crippen LogP contribution in [0.2, 0.25) is 0 Å². The van der Waals surface area contributed by atoms with E-state index in [0.717, 1.165) is 69.2 Å². The lowest BCUT2D eigenvalue weighted by Crippen LogP contribution is -2.47. The van der Waals surface area contributed by atoms with Gasteiger partial charge in [-0.25, -0.2) is 0 Å². The normalized spacial score (nSPS) is 22.9.